The van der Waals surface area contributed by atoms with Crippen LogP contribution in [0.5, 0.6) is 5.75 Å². The van der Waals surface area contributed by atoms with Gasteiger partial charge in [0.25, 0.3) is 0 Å². The molecule has 0 saturated carbocycles. The van der Waals surface area contributed by atoms with Crippen molar-refractivity contribution in [3.63, 3.8) is 0 Å². The zero-order valence-corrected chi connectivity index (χ0v) is 19.4. The standard InChI is InChI=1S/C25H28F3N3O3/c1-24(2,3)34-23(32)31-12-10-19(15-31)30-22-20-14-17(6-9-21(20)33-13-11-29-22)16-4-7-18(8-5-16)25(26,27)28/h4-9,14,19H,10-13,15H2,1-3H3,(H,29,30)/t19-/m1/s1. The first-order chi connectivity index (χ1) is 16.0. The third-order valence-electron chi connectivity index (χ3n) is 5.58. The molecule has 0 unspecified atom stereocenters. The summed E-state index contributed by atoms with van der Waals surface area (Å²) in [4.78, 5) is 18.7. The Hall–Kier alpha value is -3.23. The van der Waals surface area contributed by atoms with Gasteiger partial charge in [-0.25, -0.2) is 4.79 Å². The molecule has 2 aromatic carbocycles. The minimum Gasteiger partial charge on any atom is -0.491 e. The quantitative estimate of drug-likeness (QED) is 0.656. The molecule has 6 nitrogen and oxygen atoms in total. The average molecular weight is 476 g/mol. The molecule has 1 N–H and O–H groups in total. The van der Waals surface area contributed by atoms with E-state index in [0.717, 1.165) is 29.7 Å². The fraction of sp³-hybridized carbons (Fsp3) is 0.440. The number of carbonyl (C=O) groups is 1. The third kappa shape index (κ3) is 5.63. The maximum absolute atomic E-state index is 12.9. The Morgan fingerprint density at radius 1 is 1.12 bits per heavy atom. The van der Waals surface area contributed by atoms with Gasteiger partial charge in [0, 0.05) is 19.1 Å². The van der Waals surface area contributed by atoms with Crippen LogP contribution in [0.4, 0.5) is 18.0 Å². The number of halogens is 3. The van der Waals surface area contributed by atoms with Crippen molar-refractivity contribution >= 4 is 11.9 Å². The summed E-state index contributed by atoms with van der Waals surface area (Å²) in [5.41, 5.74) is 0.921. The number of benzene rings is 2. The number of ether oxygens (including phenoxy) is 2. The molecule has 0 spiro atoms. The highest BCUT2D eigenvalue weighted by atomic mass is 19.4. The number of rotatable bonds is 2. The highest BCUT2D eigenvalue weighted by Crippen LogP contribution is 2.33. The van der Waals surface area contributed by atoms with Crippen LogP contribution in [0.2, 0.25) is 0 Å². The van der Waals surface area contributed by atoms with Crippen molar-refractivity contribution < 1.29 is 27.4 Å². The first-order valence-electron chi connectivity index (χ1n) is 11.2. The number of carbonyl (C=O) groups excluding carboxylic acids is 1. The topological polar surface area (TPSA) is 63.2 Å². The Bertz CT molecular complexity index is 1080. The number of alkyl halides is 3. The summed E-state index contributed by atoms with van der Waals surface area (Å²) in [6.07, 6.45) is -3.97. The molecule has 0 bridgehead atoms. The van der Waals surface area contributed by atoms with Crippen molar-refractivity contribution in [3.05, 3.63) is 53.6 Å². The zero-order chi connectivity index (χ0) is 24.5. The van der Waals surface area contributed by atoms with E-state index in [0.29, 0.717) is 43.4 Å². The summed E-state index contributed by atoms with van der Waals surface area (Å²) in [6, 6.07) is 10.6. The van der Waals surface area contributed by atoms with Gasteiger partial charge >= 0.3 is 12.3 Å². The van der Waals surface area contributed by atoms with E-state index >= 15 is 0 Å². The number of amidine groups is 1. The molecule has 0 aromatic heterocycles. The zero-order valence-electron chi connectivity index (χ0n) is 19.4. The predicted octanol–water partition coefficient (Wildman–Crippen LogP) is 5.11. The second-order valence-electron chi connectivity index (χ2n) is 9.42. The molecule has 2 heterocycles. The Kier molecular flexibility index (Phi) is 6.47. The molecule has 2 aliphatic heterocycles. The Morgan fingerprint density at radius 2 is 1.82 bits per heavy atom. The first kappa shape index (κ1) is 23.9. The van der Waals surface area contributed by atoms with E-state index in [2.05, 4.69) is 10.3 Å². The Labute approximate surface area is 196 Å². The van der Waals surface area contributed by atoms with Crippen LogP contribution in [0.25, 0.3) is 11.1 Å². The van der Waals surface area contributed by atoms with Gasteiger partial charge in [-0.05, 0) is 62.6 Å². The molecule has 182 valence electrons. The van der Waals surface area contributed by atoms with Gasteiger partial charge in [0.05, 0.1) is 17.7 Å². The second kappa shape index (κ2) is 9.19. The van der Waals surface area contributed by atoms with E-state index < -0.39 is 17.3 Å². The van der Waals surface area contributed by atoms with Crippen LogP contribution in [0.3, 0.4) is 0 Å². The smallest absolute Gasteiger partial charge is 0.416 e. The van der Waals surface area contributed by atoms with Gasteiger partial charge in [-0.15, -0.1) is 0 Å². The Morgan fingerprint density at radius 3 is 2.50 bits per heavy atom. The fourth-order valence-corrected chi connectivity index (χ4v) is 3.96. The van der Waals surface area contributed by atoms with Crippen LogP contribution in [-0.4, -0.2) is 54.7 Å². The number of fused-ring (bicyclic) bond motifs is 1. The summed E-state index contributed by atoms with van der Waals surface area (Å²) >= 11 is 0. The maximum Gasteiger partial charge on any atom is 0.416 e. The van der Waals surface area contributed by atoms with Crippen LogP contribution >= 0.6 is 0 Å². The van der Waals surface area contributed by atoms with Crippen LogP contribution in [0.15, 0.2) is 47.5 Å². The molecule has 34 heavy (non-hydrogen) atoms. The molecule has 9 heteroatoms. The van der Waals surface area contributed by atoms with E-state index in [9.17, 15) is 18.0 Å². The molecule has 0 aliphatic carbocycles. The van der Waals surface area contributed by atoms with Crippen LogP contribution < -0.4 is 10.1 Å². The van der Waals surface area contributed by atoms with E-state index in [1.807, 2.05) is 39.0 Å². The van der Waals surface area contributed by atoms with Crippen LogP contribution in [0.1, 0.15) is 38.3 Å². The minimum absolute atomic E-state index is 0.00746. The summed E-state index contributed by atoms with van der Waals surface area (Å²) in [6.45, 7) is 7.46. The van der Waals surface area contributed by atoms with Crippen molar-refractivity contribution in [3.8, 4) is 16.9 Å². The summed E-state index contributed by atoms with van der Waals surface area (Å²) in [5, 5.41) is 3.44. The molecule has 0 radical (unpaired) electrons. The van der Waals surface area contributed by atoms with Gasteiger partial charge in [-0.1, -0.05) is 18.2 Å². The molecule has 1 atom stereocenters. The largest absolute Gasteiger partial charge is 0.491 e. The lowest BCUT2D eigenvalue weighted by atomic mass is 10.00. The van der Waals surface area contributed by atoms with E-state index in [-0.39, 0.29) is 12.1 Å². The lowest BCUT2D eigenvalue weighted by molar-refractivity contribution is -0.137. The number of amides is 1. The van der Waals surface area contributed by atoms with Crippen molar-refractivity contribution in [2.75, 3.05) is 26.2 Å². The molecule has 4 rings (SSSR count). The van der Waals surface area contributed by atoms with Crippen molar-refractivity contribution in [2.24, 2.45) is 4.99 Å². The highest BCUT2D eigenvalue weighted by molar-refractivity contribution is 6.02. The molecule has 2 aliphatic rings. The van der Waals surface area contributed by atoms with Crippen molar-refractivity contribution in [1.82, 2.24) is 10.2 Å². The minimum atomic E-state index is -4.38. The third-order valence-corrected chi connectivity index (χ3v) is 5.58. The SMILES string of the molecule is CC(C)(C)OC(=O)N1CC[C@@H](NC2=NCCOc3ccc(-c4ccc(C(F)(F)F)cc4)cc32)C1. The van der Waals surface area contributed by atoms with E-state index in [1.54, 1.807) is 4.90 Å². The summed E-state index contributed by atoms with van der Waals surface area (Å²) in [7, 11) is 0. The maximum atomic E-state index is 12.9. The molecular formula is C25H28F3N3O3. The second-order valence-corrected chi connectivity index (χ2v) is 9.42. The van der Waals surface area contributed by atoms with Gasteiger partial charge in [-0.3, -0.25) is 4.99 Å². The van der Waals surface area contributed by atoms with Crippen molar-refractivity contribution in [1.29, 1.82) is 0 Å². The molecule has 1 amide bonds. The van der Waals surface area contributed by atoms with Gasteiger partial charge in [0.2, 0.25) is 0 Å². The van der Waals surface area contributed by atoms with E-state index in [4.69, 9.17) is 9.47 Å². The molecular weight excluding hydrogens is 447 g/mol. The first-order valence-corrected chi connectivity index (χ1v) is 11.2. The van der Waals surface area contributed by atoms with Crippen LogP contribution in [0, 0.1) is 0 Å². The average Bonchev–Trinajstić information content (AvgIpc) is 3.14. The summed E-state index contributed by atoms with van der Waals surface area (Å²) < 4.78 is 50.1. The number of likely N-dealkylation sites (tertiary alicyclic amines) is 1. The van der Waals surface area contributed by atoms with Gasteiger partial charge in [-0.2, -0.15) is 13.2 Å². The van der Waals surface area contributed by atoms with Crippen molar-refractivity contribution in [2.45, 2.75) is 45.0 Å². The number of hydrogen-bond donors (Lipinski definition) is 1. The van der Waals surface area contributed by atoms with Gasteiger partial charge < -0.3 is 19.7 Å². The molecule has 2 aromatic rings. The number of hydrogen-bond acceptors (Lipinski definition) is 5. The lowest BCUT2D eigenvalue weighted by Gasteiger charge is -2.24. The summed E-state index contributed by atoms with van der Waals surface area (Å²) in [5.74, 6) is 1.30. The lowest BCUT2D eigenvalue weighted by Crippen LogP contribution is -2.40. The Balaban J connectivity index is 1.52. The number of nitrogens with one attached hydrogen (secondary N) is 1. The normalized spacial score (nSPS) is 18.5. The van der Waals surface area contributed by atoms with E-state index in [1.165, 1.54) is 12.1 Å². The predicted molar refractivity (Wildman–Crippen MR) is 123 cm³/mol. The highest BCUT2D eigenvalue weighted by Gasteiger charge is 2.32. The van der Waals surface area contributed by atoms with Crippen LogP contribution in [-0.2, 0) is 10.9 Å². The van der Waals surface area contributed by atoms with Gasteiger partial charge in [0.1, 0.15) is 23.8 Å². The fourth-order valence-electron chi connectivity index (χ4n) is 3.96. The monoisotopic (exact) mass is 475 g/mol. The molecule has 1 saturated heterocycles. The number of aliphatic imine (C=N–C) groups is 1. The molecule has 1 fully saturated rings. The number of nitrogens with zero attached hydrogens (tertiary/aromatic N) is 2. The van der Waals surface area contributed by atoms with Gasteiger partial charge in [0.15, 0.2) is 0 Å².